The topological polar surface area (TPSA) is 92.8 Å². The van der Waals surface area contributed by atoms with Crippen LogP contribution in [0.2, 0.25) is 0 Å². The minimum atomic E-state index is -3.70. The third kappa shape index (κ3) is 4.91. The fourth-order valence-corrected chi connectivity index (χ4v) is 4.88. The Balaban J connectivity index is 1.69. The van der Waals surface area contributed by atoms with Crippen molar-refractivity contribution in [3.8, 4) is 0 Å². The van der Waals surface area contributed by atoms with Gasteiger partial charge in [-0.1, -0.05) is 25.3 Å². The Hall–Kier alpha value is -1.93. The molecule has 8 heteroatoms. The van der Waals surface area contributed by atoms with Gasteiger partial charge in [-0.2, -0.15) is 4.31 Å². The maximum Gasteiger partial charge on any atom is 0.338 e. The van der Waals surface area contributed by atoms with Crippen molar-refractivity contribution in [2.75, 3.05) is 7.05 Å². The molecule has 7 nitrogen and oxygen atoms in total. The highest BCUT2D eigenvalue weighted by Gasteiger charge is 2.30. The molecule has 3 rings (SSSR count). The summed E-state index contributed by atoms with van der Waals surface area (Å²) in [6.07, 6.45) is 5.85. The number of nitrogens with zero attached hydrogens (tertiary/aromatic N) is 1. The van der Waals surface area contributed by atoms with E-state index in [0.717, 1.165) is 44.9 Å². The van der Waals surface area contributed by atoms with Crippen molar-refractivity contribution in [1.82, 2.24) is 9.62 Å². The van der Waals surface area contributed by atoms with Gasteiger partial charge in [-0.05, 0) is 50.8 Å². The molecule has 0 radical (unpaired) electrons. The van der Waals surface area contributed by atoms with E-state index in [1.54, 1.807) is 7.05 Å². The van der Waals surface area contributed by atoms with E-state index in [2.05, 4.69) is 5.32 Å². The van der Waals surface area contributed by atoms with E-state index in [9.17, 15) is 18.0 Å². The predicted octanol–water partition coefficient (Wildman–Crippen LogP) is 2.46. The molecule has 2 saturated carbocycles. The molecule has 0 aliphatic heterocycles. The van der Waals surface area contributed by atoms with E-state index >= 15 is 0 Å². The Labute approximate surface area is 166 Å². The van der Waals surface area contributed by atoms with Crippen molar-refractivity contribution in [1.29, 1.82) is 0 Å². The lowest BCUT2D eigenvalue weighted by Gasteiger charge is -2.30. The molecule has 1 N–H and O–H groups in total. The van der Waals surface area contributed by atoms with Gasteiger partial charge in [0.1, 0.15) is 0 Å². The summed E-state index contributed by atoms with van der Waals surface area (Å²) < 4.78 is 32.6. The van der Waals surface area contributed by atoms with Crippen LogP contribution >= 0.6 is 0 Å². The first-order valence-corrected chi connectivity index (χ1v) is 11.3. The van der Waals surface area contributed by atoms with E-state index in [4.69, 9.17) is 4.74 Å². The van der Waals surface area contributed by atoms with Gasteiger partial charge in [0.2, 0.25) is 10.0 Å². The van der Waals surface area contributed by atoms with Crippen molar-refractivity contribution in [2.24, 2.45) is 0 Å². The summed E-state index contributed by atoms with van der Waals surface area (Å²) in [5, 5.41) is 2.78. The van der Waals surface area contributed by atoms with Crippen LogP contribution in [0.25, 0.3) is 0 Å². The number of ether oxygens (including phenoxy) is 1. The third-order valence-corrected chi connectivity index (χ3v) is 7.32. The van der Waals surface area contributed by atoms with Crippen LogP contribution in [0.15, 0.2) is 29.2 Å². The lowest BCUT2D eigenvalue weighted by Crippen LogP contribution is -2.38. The van der Waals surface area contributed by atoms with E-state index in [1.165, 1.54) is 35.5 Å². The Morgan fingerprint density at radius 1 is 1.14 bits per heavy atom. The van der Waals surface area contributed by atoms with Crippen molar-refractivity contribution in [2.45, 2.75) is 75.0 Å². The summed E-state index contributed by atoms with van der Waals surface area (Å²) in [6, 6.07) is 5.98. The largest absolute Gasteiger partial charge is 0.449 e. The van der Waals surface area contributed by atoms with Crippen molar-refractivity contribution < 1.29 is 22.7 Å². The summed E-state index contributed by atoms with van der Waals surface area (Å²) in [5.74, 6) is -1.05. The SMILES string of the molecule is C[C@@H](OC(=O)c1cccc(S(=O)(=O)N(C)C2CCCCC2)c1)C(=O)NC1CC1. The molecule has 1 atom stereocenters. The average molecular weight is 409 g/mol. The molecule has 1 aromatic rings. The van der Waals surface area contributed by atoms with Crippen LogP contribution in [0.4, 0.5) is 0 Å². The second-order valence-corrected chi connectivity index (χ2v) is 9.67. The zero-order valence-electron chi connectivity index (χ0n) is 16.4. The van der Waals surface area contributed by atoms with Crippen LogP contribution in [-0.2, 0) is 19.6 Å². The highest BCUT2D eigenvalue weighted by atomic mass is 32.2. The maximum atomic E-state index is 13.0. The molecule has 154 valence electrons. The number of benzene rings is 1. The smallest absolute Gasteiger partial charge is 0.338 e. The first-order chi connectivity index (χ1) is 13.3. The molecule has 2 aliphatic rings. The maximum absolute atomic E-state index is 13.0. The Morgan fingerprint density at radius 3 is 2.46 bits per heavy atom. The number of nitrogens with one attached hydrogen (secondary N) is 1. The molecule has 0 saturated heterocycles. The molecular formula is C20H28N2O5S. The van der Waals surface area contributed by atoms with Gasteiger partial charge in [-0.15, -0.1) is 0 Å². The summed E-state index contributed by atoms with van der Waals surface area (Å²) in [6.45, 7) is 1.51. The molecule has 0 heterocycles. The van der Waals surface area contributed by atoms with E-state index in [0.29, 0.717) is 0 Å². The van der Waals surface area contributed by atoms with Crippen molar-refractivity contribution >= 4 is 21.9 Å². The Morgan fingerprint density at radius 2 is 1.82 bits per heavy atom. The zero-order valence-corrected chi connectivity index (χ0v) is 17.2. The van der Waals surface area contributed by atoms with E-state index in [1.807, 2.05) is 0 Å². The van der Waals surface area contributed by atoms with Gasteiger partial charge in [-0.25, -0.2) is 13.2 Å². The van der Waals surface area contributed by atoms with Gasteiger partial charge in [0.15, 0.2) is 6.10 Å². The first kappa shape index (κ1) is 20.8. The van der Waals surface area contributed by atoms with Gasteiger partial charge in [0.05, 0.1) is 10.5 Å². The van der Waals surface area contributed by atoms with Gasteiger partial charge < -0.3 is 10.1 Å². The number of hydrogen-bond acceptors (Lipinski definition) is 5. The van der Waals surface area contributed by atoms with Crippen LogP contribution < -0.4 is 5.32 Å². The highest BCUT2D eigenvalue weighted by Crippen LogP contribution is 2.27. The van der Waals surface area contributed by atoms with E-state index < -0.39 is 22.1 Å². The molecule has 0 unspecified atom stereocenters. The van der Waals surface area contributed by atoms with Gasteiger partial charge >= 0.3 is 5.97 Å². The fourth-order valence-electron chi connectivity index (χ4n) is 3.42. The second-order valence-electron chi connectivity index (χ2n) is 7.67. The van der Waals surface area contributed by atoms with Crippen LogP contribution in [0.5, 0.6) is 0 Å². The number of carbonyl (C=O) groups excluding carboxylic acids is 2. The van der Waals surface area contributed by atoms with Crippen LogP contribution in [0.3, 0.4) is 0 Å². The molecule has 2 aliphatic carbocycles. The summed E-state index contributed by atoms with van der Waals surface area (Å²) in [4.78, 5) is 24.4. The fraction of sp³-hybridized carbons (Fsp3) is 0.600. The number of esters is 1. The molecule has 1 aromatic carbocycles. The van der Waals surface area contributed by atoms with Crippen LogP contribution in [0, 0.1) is 0 Å². The summed E-state index contributed by atoms with van der Waals surface area (Å²) >= 11 is 0. The highest BCUT2D eigenvalue weighted by molar-refractivity contribution is 7.89. The molecular weight excluding hydrogens is 380 g/mol. The zero-order chi connectivity index (χ0) is 20.3. The standard InChI is InChI=1S/C20H28N2O5S/c1-14(19(23)21-16-11-12-16)27-20(24)15-7-6-10-18(13-15)28(25,26)22(2)17-8-4-3-5-9-17/h6-7,10,13-14,16-17H,3-5,8-9,11-12H2,1-2H3,(H,21,23)/t14-/m1/s1. The number of sulfonamides is 1. The van der Waals surface area contributed by atoms with Gasteiger partial charge in [-0.3, -0.25) is 4.79 Å². The second kappa shape index (κ2) is 8.61. The molecule has 0 aromatic heterocycles. The van der Waals surface area contributed by atoms with Crippen molar-refractivity contribution in [3.05, 3.63) is 29.8 Å². The van der Waals surface area contributed by atoms with Gasteiger partial charge in [0, 0.05) is 19.1 Å². The summed E-state index contributed by atoms with van der Waals surface area (Å²) in [5.41, 5.74) is 0.115. The van der Waals surface area contributed by atoms with Crippen LogP contribution in [0.1, 0.15) is 62.2 Å². The molecule has 28 heavy (non-hydrogen) atoms. The Kier molecular flexibility index (Phi) is 6.40. The first-order valence-electron chi connectivity index (χ1n) is 9.88. The number of hydrogen-bond donors (Lipinski definition) is 1. The number of rotatable bonds is 7. The summed E-state index contributed by atoms with van der Waals surface area (Å²) in [7, 11) is -2.10. The quantitative estimate of drug-likeness (QED) is 0.700. The molecule has 1 amide bonds. The van der Waals surface area contributed by atoms with Crippen LogP contribution in [-0.4, -0.2) is 49.8 Å². The predicted molar refractivity (Wildman–Crippen MR) is 104 cm³/mol. The minimum Gasteiger partial charge on any atom is -0.449 e. The minimum absolute atomic E-state index is 0.0134. The molecule has 0 bridgehead atoms. The monoisotopic (exact) mass is 408 g/mol. The lowest BCUT2D eigenvalue weighted by atomic mass is 9.96. The lowest BCUT2D eigenvalue weighted by molar-refractivity contribution is -0.129. The number of carbonyl (C=O) groups is 2. The van der Waals surface area contributed by atoms with E-state index in [-0.39, 0.29) is 28.4 Å². The average Bonchev–Trinajstić information content (AvgIpc) is 3.52. The molecule has 2 fully saturated rings. The number of amides is 1. The third-order valence-electron chi connectivity index (χ3n) is 5.41. The van der Waals surface area contributed by atoms with Crippen molar-refractivity contribution in [3.63, 3.8) is 0 Å². The molecule has 0 spiro atoms. The van der Waals surface area contributed by atoms with Gasteiger partial charge in [0.25, 0.3) is 5.91 Å². The normalized spacial score (nSPS) is 19.2. The Bertz CT molecular complexity index is 829.